The number of fused-ring (bicyclic) bond motifs is 1. The van der Waals surface area contributed by atoms with E-state index in [0.29, 0.717) is 18.7 Å². The number of piperidine rings is 1. The van der Waals surface area contributed by atoms with Crippen molar-refractivity contribution in [3.63, 3.8) is 0 Å². The Balaban J connectivity index is 1.54. The van der Waals surface area contributed by atoms with Gasteiger partial charge in [0.25, 0.3) is 15.9 Å². The van der Waals surface area contributed by atoms with Gasteiger partial charge in [-0.15, -0.1) is 0 Å². The van der Waals surface area contributed by atoms with Crippen molar-refractivity contribution in [3.05, 3.63) is 53.6 Å². The molecule has 2 aromatic carbocycles. The van der Waals surface area contributed by atoms with Crippen LogP contribution in [0.2, 0.25) is 0 Å². The lowest BCUT2D eigenvalue weighted by Gasteiger charge is -2.38. The van der Waals surface area contributed by atoms with Crippen molar-refractivity contribution >= 4 is 27.6 Å². The van der Waals surface area contributed by atoms with Crippen LogP contribution in [-0.2, 0) is 26.0 Å². The zero-order valence-corrected chi connectivity index (χ0v) is 20.5. The number of benzene rings is 2. The summed E-state index contributed by atoms with van der Waals surface area (Å²) in [5.74, 6) is -0.885. The van der Waals surface area contributed by atoms with E-state index in [1.165, 1.54) is 29.6 Å². The van der Waals surface area contributed by atoms with Crippen LogP contribution in [0.5, 0.6) is 5.75 Å². The molecular formula is C25H30N2O6S. The average molecular weight is 487 g/mol. The molecule has 2 atom stereocenters. The molecule has 2 heterocycles. The SMILES string of the molecule is COc1ccc(S(=O)(=O)N2CCc3ccccc32)cc1C(=O)OCC(=O)N1[C@H](C)CCC[C@H]1C. The molecule has 2 aliphatic rings. The lowest BCUT2D eigenvalue weighted by molar-refractivity contribution is -0.140. The quantitative estimate of drug-likeness (QED) is 0.581. The molecule has 34 heavy (non-hydrogen) atoms. The molecule has 1 saturated heterocycles. The minimum atomic E-state index is -3.90. The number of carbonyl (C=O) groups excluding carboxylic acids is 2. The number of nitrogens with zero attached hydrogens (tertiary/aromatic N) is 2. The molecule has 0 aliphatic carbocycles. The van der Waals surface area contributed by atoms with Gasteiger partial charge in [-0.2, -0.15) is 0 Å². The third kappa shape index (κ3) is 4.49. The molecule has 8 nitrogen and oxygen atoms in total. The zero-order valence-electron chi connectivity index (χ0n) is 19.7. The van der Waals surface area contributed by atoms with E-state index < -0.39 is 22.6 Å². The molecular weight excluding hydrogens is 456 g/mol. The van der Waals surface area contributed by atoms with Crippen LogP contribution in [0.4, 0.5) is 5.69 Å². The number of ether oxygens (including phenoxy) is 2. The Labute approximate surface area is 200 Å². The first-order chi connectivity index (χ1) is 16.2. The fraction of sp³-hybridized carbons (Fsp3) is 0.440. The molecule has 0 radical (unpaired) electrons. The number of anilines is 1. The van der Waals surface area contributed by atoms with Gasteiger partial charge in [0.05, 0.1) is 17.7 Å². The van der Waals surface area contributed by atoms with Gasteiger partial charge in [0.15, 0.2) is 6.61 Å². The van der Waals surface area contributed by atoms with Crippen molar-refractivity contribution in [3.8, 4) is 5.75 Å². The van der Waals surface area contributed by atoms with Gasteiger partial charge in [-0.25, -0.2) is 13.2 Å². The van der Waals surface area contributed by atoms with Crippen LogP contribution in [0, 0.1) is 0 Å². The maximum atomic E-state index is 13.4. The zero-order chi connectivity index (χ0) is 24.5. The van der Waals surface area contributed by atoms with Crippen LogP contribution in [0.25, 0.3) is 0 Å². The molecule has 2 aliphatic heterocycles. The predicted molar refractivity (Wildman–Crippen MR) is 128 cm³/mol. The van der Waals surface area contributed by atoms with Gasteiger partial charge in [0.1, 0.15) is 11.3 Å². The summed E-state index contributed by atoms with van der Waals surface area (Å²) in [4.78, 5) is 27.4. The molecule has 4 rings (SSSR count). The van der Waals surface area contributed by atoms with Crippen molar-refractivity contribution in [2.24, 2.45) is 0 Å². The highest BCUT2D eigenvalue weighted by molar-refractivity contribution is 7.92. The Morgan fingerprint density at radius 2 is 1.76 bits per heavy atom. The maximum absolute atomic E-state index is 13.4. The van der Waals surface area contributed by atoms with Gasteiger partial charge < -0.3 is 14.4 Å². The average Bonchev–Trinajstić information content (AvgIpc) is 3.27. The second-order valence-electron chi connectivity index (χ2n) is 8.82. The lowest BCUT2D eigenvalue weighted by atomic mass is 9.97. The number of hydrogen-bond donors (Lipinski definition) is 0. The molecule has 0 saturated carbocycles. The summed E-state index contributed by atoms with van der Waals surface area (Å²) in [5, 5.41) is 0. The number of sulfonamides is 1. The second kappa shape index (κ2) is 9.66. The summed E-state index contributed by atoms with van der Waals surface area (Å²) < 4.78 is 38.7. The summed E-state index contributed by atoms with van der Waals surface area (Å²) in [6.07, 6.45) is 3.51. The van der Waals surface area contributed by atoms with Crippen molar-refractivity contribution in [1.29, 1.82) is 0 Å². The highest BCUT2D eigenvalue weighted by Gasteiger charge is 2.33. The third-order valence-electron chi connectivity index (χ3n) is 6.63. The number of likely N-dealkylation sites (tertiary alicyclic amines) is 1. The monoisotopic (exact) mass is 486 g/mol. The summed E-state index contributed by atoms with van der Waals surface area (Å²) >= 11 is 0. The summed E-state index contributed by atoms with van der Waals surface area (Å²) in [6.45, 7) is 3.90. The van der Waals surface area contributed by atoms with E-state index in [0.717, 1.165) is 24.8 Å². The third-order valence-corrected chi connectivity index (χ3v) is 8.44. The fourth-order valence-corrected chi connectivity index (χ4v) is 6.41. The Hall–Kier alpha value is -3.07. The Morgan fingerprint density at radius 1 is 1.06 bits per heavy atom. The van der Waals surface area contributed by atoms with E-state index in [1.807, 2.05) is 26.0 Å². The number of rotatable bonds is 6. The summed E-state index contributed by atoms with van der Waals surface area (Å²) in [6, 6.07) is 11.6. The van der Waals surface area contributed by atoms with Crippen molar-refractivity contribution in [2.45, 2.75) is 56.5 Å². The Morgan fingerprint density at radius 3 is 2.47 bits per heavy atom. The van der Waals surface area contributed by atoms with E-state index in [9.17, 15) is 18.0 Å². The second-order valence-corrected chi connectivity index (χ2v) is 10.7. The molecule has 182 valence electrons. The number of methoxy groups -OCH3 is 1. The first-order valence-corrected chi connectivity index (χ1v) is 12.9. The van der Waals surface area contributed by atoms with Crippen LogP contribution in [0.1, 0.15) is 49.0 Å². The highest BCUT2D eigenvalue weighted by atomic mass is 32.2. The minimum absolute atomic E-state index is 0.0383. The first kappa shape index (κ1) is 24.1. The summed E-state index contributed by atoms with van der Waals surface area (Å²) in [7, 11) is -2.51. The standard InChI is InChI=1S/C25H30N2O6S/c1-17-7-6-8-18(2)27(17)24(28)16-33-25(29)21-15-20(11-12-23(21)32-3)34(30,31)26-14-13-19-9-4-5-10-22(19)26/h4-5,9-12,15,17-18H,6-8,13-14,16H2,1-3H3/t17-,18-/m1/s1. The van der Waals surface area contributed by atoms with Gasteiger partial charge >= 0.3 is 5.97 Å². The molecule has 0 unspecified atom stereocenters. The smallest absolute Gasteiger partial charge is 0.342 e. The molecule has 0 aromatic heterocycles. The van der Waals surface area contributed by atoms with E-state index in [-0.39, 0.29) is 34.2 Å². The number of amides is 1. The number of carbonyl (C=O) groups is 2. The molecule has 2 aromatic rings. The van der Waals surface area contributed by atoms with Crippen LogP contribution < -0.4 is 9.04 Å². The predicted octanol–water partition coefficient (Wildman–Crippen LogP) is 3.39. The fourth-order valence-electron chi connectivity index (χ4n) is 4.88. The van der Waals surface area contributed by atoms with E-state index in [1.54, 1.807) is 17.0 Å². The molecule has 0 bridgehead atoms. The van der Waals surface area contributed by atoms with E-state index >= 15 is 0 Å². The molecule has 0 spiro atoms. The van der Waals surface area contributed by atoms with Gasteiger partial charge in [-0.05, 0) is 69.4 Å². The molecule has 1 fully saturated rings. The van der Waals surface area contributed by atoms with Gasteiger partial charge in [0, 0.05) is 18.6 Å². The van der Waals surface area contributed by atoms with Crippen LogP contribution >= 0.6 is 0 Å². The molecule has 9 heteroatoms. The van der Waals surface area contributed by atoms with Gasteiger partial charge in [-0.3, -0.25) is 9.10 Å². The maximum Gasteiger partial charge on any atom is 0.342 e. The van der Waals surface area contributed by atoms with Crippen LogP contribution in [0.15, 0.2) is 47.4 Å². The van der Waals surface area contributed by atoms with Crippen molar-refractivity contribution in [1.82, 2.24) is 4.90 Å². The number of para-hydroxylation sites is 1. The Bertz CT molecular complexity index is 1190. The highest BCUT2D eigenvalue weighted by Crippen LogP contribution is 2.34. The molecule has 1 amide bonds. The lowest BCUT2D eigenvalue weighted by Crippen LogP contribution is -2.49. The topological polar surface area (TPSA) is 93.2 Å². The first-order valence-electron chi connectivity index (χ1n) is 11.5. The van der Waals surface area contributed by atoms with Crippen LogP contribution in [0.3, 0.4) is 0 Å². The van der Waals surface area contributed by atoms with Gasteiger partial charge in [-0.1, -0.05) is 18.2 Å². The van der Waals surface area contributed by atoms with Crippen molar-refractivity contribution < 1.29 is 27.5 Å². The molecule has 0 N–H and O–H groups in total. The largest absolute Gasteiger partial charge is 0.496 e. The van der Waals surface area contributed by atoms with Gasteiger partial charge in [0.2, 0.25) is 0 Å². The normalized spacial score (nSPS) is 20.1. The van der Waals surface area contributed by atoms with Crippen molar-refractivity contribution in [2.75, 3.05) is 24.6 Å². The minimum Gasteiger partial charge on any atom is -0.496 e. The van der Waals surface area contributed by atoms with E-state index in [2.05, 4.69) is 0 Å². The van der Waals surface area contributed by atoms with Crippen LogP contribution in [-0.4, -0.2) is 57.5 Å². The Kier molecular flexibility index (Phi) is 6.84. The number of hydrogen-bond acceptors (Lipinski definition) is 6. The van der Waals surface area contributed by atoms with E-state index in [4.69, 9.17) is 9.47 Å². The number of esters is 1. The summed E-state index contributed by atoms with van der Waals surface area (Å²) in [5.41, 5.74) is 1.56.